The van der Waals surface area contributed by atoms with Crippen LogP contribution in [0.4, 0.5) is 0 Å². The highest BCUT2D eigenvalue weighted by Crippen LogP contribution is 2.08. The summed E-state index contributed by atoms with van der Waals surface area (Å²) in [5.41, 5.74) is 17.0. The molecule has 4 atom stereocenters. The number of aliphatic hydroxyl groups is 1. The van der Waals surface area contributed by atoms with Crippen LogP contribution in [0, 0.1) is 5.92 Å². The smallest absolute Gasteiger partial charge is 0.328 e. The molecule has 0 spiro atoms. The molecule has 0 bridgehead atoms. The Morgan fingerprint density at radius 1 is 0.758 bits per heavy atom. The summed E-state index contributed by atoms with van der Waals surface area (Å²) in [6.45, 7) is 3.88. The van der Waals surface area contributed by atoms with Crippen molar-refractivity contribution >= 4 is 23.7 Å². The third-order valence-corrected chi connectivity index (χ3v) is 5.02. The fourth-order valence-electron chi connectivity index (χ4n) is 3.15. The number of hydrogen-bond acceptors (Lipinski definition) is 8. The van der Waals surface area contributed by atoms with Crippen molar-refractivity contribution in [2.75, 3.05) is 19.7 Å². The number of nitrogens with two attached hydrogens (primary N) is 3. The Balaban J connectivity index is 5.40. The number of aliphatic carboxylic acids is 1. The summed E-state index contributed by atoms with van der Waals surface area (Å²) in [5.74, 6) is -3.00. The highest BCUT2D eigenvalue weighted by Gasteiger charge is 2.29. The van der Waals surface area contributed by atoms with E-state index in [1.165, 1.54) is 0 Å². The van der Waals surface area contributed by atoms with Crippen LogP contribution in [-0.4, -0.2) is 77.8 Å². The molecular formula is C21H42N6O6. The average molecular weight is 475 g/mol. The lowest BCUT2D eigenvalue weighted by Crippen LogP contribution is -2.57. The predicted molar refractivity (Wildman–Crippen MR) is 124 cm³/mol. The number of carbonyl (C=O) groups excluding carboxylic acids is 3. The number of carboxylic acids is 1. The number of carboxylic acid groups (broad SMARTS) is 1. The molecule has 0 aliphatic carbocycles. The second-order valence-corrected chi connectivity index (χ2v) is 8.51. The first-order valence-electron chi connectivity index (χ1n) is 11.5. The number of carbonyl (C=O) groups is 4. The van der Waals surface area contributed by atoms with Gasteiger partial charge in [-0.1, -0.05) is 13.8 Å². The zero-order valence-corrected chi connectivity index (χ0v) is 19.7. The minimum absolute atomic E-state index is 0.194. The van der Waals surface area contributed by atoms with Crippen LogP contribution in [-0.2, 0) is 19.2 Å². The van der Waals surface area contributed by atoms with Gasteiger partial charge in [0.2, 0.25) is 17.7 Å². The van der Waals surface area contributed by atoms with Gasteiger partial charge in [-0.05, 0) is 64.0 Å². The topological polar surface area (TPSA) is 223 Å². The summed E-state index contributed by atoms with van der Waals surface area (Å²) in [6.07, 6.45) is 3.29. The van der Waals surface area contributed by atoms with Crippen molar-refractivity contribution in [2.24, 2.45) is 23.1 Å². The van der Waals surface area contributed by atoms with Crippen molar-refractivity contribution in [3.05, 3.63) is 0 Å². The molecule has 0 heterocycles. The van der Waals surface area contributed by atoms with E-state index in [1.807, 2.05) is 13.8 Å². The normalized spacial score (nSPS) is 14.8. The molecule has 0 aromatic carbocycles. The third-order valence-electron chi connectivity index (χ3n) is 5.02. The minimum Gasteiger partial charge on any atom is -0.480 e. The highest BCUT2D eigenvalue weighted by atomic mass is 16.4. The molecule has 0 saturated heterocycles. The van der Waals surface area contributed by atoms with E-state index >= 15 is 0 Å². The van der Waals surface area contributed by atoms with Crippen molar-refractivity contribution in [3.8, 4) is 0 Å². The van der Waals surface area contributed by atoms with E-state index in [0.717, 1.165) is 0 Å². The molecule has 0 aromatic rings. The Hall–Kier alpha value is -2.28. The summed E-state index contributed by atoms with van der Waals surface area (Å²) in [4.78, 5) is 49.2. The molecular weight excluding hydrogens is 432 g/mol. The van der Waals surface area contributed by atoms with E-state index < -0.39 is 54.5 Å². The van der Waals surface area contributed by atoms with Crippen LogP contribution >= 0.6 is 0 Å². The van der Waals surface area contributed by atoms with Crippen molar-refractivity contribution in [1.29, 1.82) is 0 Å². The third kappa shape index (κ3) is 13.1. The van der Waals surface area contributed by atoms with Gasteiger partial charge in [0.1, 0.15) is 18.1 Å². The van der Waals surface area contributed by atoms with Crippen LogP contribution in [0.3, 0.4) is 0 Å². The van der Waals surface area contributed by atoms with Crippen LogP contribution in [0.15, 0.2) is 0 Å². The maximum atomic E-state index is 13.0. The van der Waals surface area contributed by atoms with Crippen molar-refractivity contribution in [2.45, 2.75) is 83.0 Å². The maximum Gasteiger partial charge on any atom is 0.328 e. The zero-order valence-electron chi connectivity index (χ0n) is 19.7. The Labute approximate surface area is 195 Å². The monoisotopic (exact) mass is 474 g/mol. The molecule has 192 valence electrons. The van der Waals surface area contributed by atoms with E-state index in [4.69, 9.17) is 22.3 Å². The molecule has 3 amide bonds. The molecule has 12 heteroatoms. The number of aliphatic hydroxyl groups excluding tert-OH is 1. The van der Waals surface area contributed by atoms with Crippen LogP contribution in [0.1, 0.15) is 58.8 Å². The van der Waals surface area contributed by atoms with E-state index in [-0.39, 0.29) is 12.3 Å². The average Bonchev–Trinajstić information content (AvgIpc) is 2.75. The van der Waals surface area contributed by atoms with Crippen LogP contribution in [0.5, 0.6) is 0 Å². The van der Waals surface area contributed by atoms with Gasteiger partial charge >= 0.3 is 5.97 Å². The van der Waals surface area contributed by atoms with Gasteiger partial charge < -0.3 is 43.4 Å². The number of amides is 3. The van der Waals surface area contributed by atoms with Gasteiger partial charge in [-0.15, -0.1) is 0 Å². The Morgan fingerprint density at radius 3 is 1.55 bits per heavy atom. The molecule has 33 heavy (non-hydrogen) atoms. The zero-order chi connectivity index (χ0) is 25.4. The fraction of sp³-hybridized carbons (Fsp3) is 0.810. The minimum atomic E-state index is -1.50. The lowest BCUT2D eigenvalue weighted by molar-refractivity contribution is -0.143. The molecule has 0 rings (SSSR count). The maximum absolute atomic E-state index is 13.0. The first-order valence-corrected chi connectivity index (χ1v) is 11.5. The van der Waals surface area contributed by atoms with Crippen LogP contribution < -0.4 is 33.2 Å². The van der Waals surface area contributed by atoms with E-state index in [0.29, 0.717) is 51.6 Å². The Kier molecular flexibility index (Phi) is 16.0. The summed E-state index contributed by atoms with van der Waals surface area (Å²) in [7, 11) is 0. The number of nitrogens with one attached hydrogen (secondary N) is 3. The molecule has 0 saturated carbocycles. The summed E-state index contributed by atoms with van der Waals surface area (Å²) >= 11 is 0. The van der Waals surface area contributed by atoms with Gasteiger partial charge in [0.05, 0.1) is 12.6 Å². The van der Waals surface area contributed by atoms with Crippen LogP contribution in [0.25, 0.3) is 0 Å². The second-order valence-electron chi connectivity index (χ2n) is 8.51. The van der Waals surface area contributed by atoms with Crippen molar-refractivity contribution < 1.29 is 29.4 Å². The SMILES string of the molecule is CC(C)CC(N)C(=O)NC(CCCCN)C(=O)NC(CCCCN)C(=O)NC(CO)C(=O)O. The molecule has 0 aliphatic heterocycles. The van der Waals surface area contributed by atoms with E-state index in [2.05, 4.69) is 16.0 Å². The van der Waals surface area contributed by atoms with E-state index in [1.54, 1.807) is 0 Å². The number of hydrogen-bond donors (Lipinski definition) is 8. The lowest BCUT2D eigenvalue weighted by atomic mass is 10.0. The quantitative estimate of drug-likeness (QED) is 0.104. The van der Waals surface area contributed by atoms with Crippen molar-refractivity contribution in [1.82, 2.24) is 16.0 Å². The largest absolute Gasteiger partial charge is 0.480 e. The first-order chi connectivity index (χ1) is 15.6. The van der Waals surface area contributed by atoms with Gasteiger partial charge in [0.15, 0.2) is 0 Å². The number of unbranched alkanes of at least 4 members (excludes halogenated alkanes) is 2. The Morgan fingerprint density at radius 2 is 1.18 bits per heavy atom. The van der Waals surface area contributed by atoms with Crippen molar-refractivity contribution in [3.63, 3.8) is 0 Å². The number of rotatable bonds is 18. The highest BCUT2D eigenvalue weighted by molar-refractivity contribution is 5.94. The summed E-state index contributed by atoms with van der Waals surface area (Å²) < 4.78 is 0. The molecule has 0 aliphatic rings. The van der Waals surface area contributed by atoms with Gasteiger partial charge in [-0.2, -0.15) is 0 Å². The molecule has 12 nitrogen and oxygen atoms in total. The standard InChI is InChI=1S/C21H42N6O6/c1-13(2)11-14(24)18(29)25-15(7-3-5-9-22)19(30)26-16(8-4-6-10-23)20(31)27-17(12-28)21(32)33/h13-17,28H,3-12,22-24H2,1-2H3,(H,25,29)(H,26,30)(H,27,31)(H,32,33). The lowest BCUT2D eigenvalue weighted by Gasteiger charge is -2.25. The fourth-order valence-corrected chi connectivity index (χ4v) is 3.15. The molecule has 0 radical (unpaired) electrons. The summed E-state index contributed by atoms with van der Waals surface area (Å²) in [5, 5.41) is 25.7. The van der Waals surface area contributed by atoms with Crippen LogP contribution in [0.2, 0.25) is 0 Å². The van der Waals surface area contributed by atoms with Gasteiger partial charge in [0, 0.05) is 0 Å². The molecule has 11 N–H and O–H groups in total. The predicted octanol–water partition coefficient (Wildman–Crippen LogP) is -1.85. The van der Waals surface area contributed by atoms with Gasteiger partial charge in [-0.25, -0.2) is 4.79 Å². The first kappa shape index (κ1) is 30.7. The van der Waals surface area contributed by atoms with Gasteiger partial charge in [0.25, 0.3) is 0 Å². The van der Waals surface area contributed by atoms with E-state index in [9.17, 15) is 24.3 Å². The Bertz CT molecular complexity index is 618. The summed E-state index contributed by atoms with van der Waals surface area (Å²) in [6, 6.07) is -4.27. The molecule has 0 aromatic heterocycles. The van der Waals surface area contributed by atoms with Gasteiger partial charge in [-0.3, -0.25) is 14.4 Å². The molecule has 0 fully saturated rings. The molecule has 4 unspecified atom stereocenters. The second kappa shape index (κ2) is 17.2.